The van der Waals surface area contributed by atoms with Gasteiger partial charge in [-0.05, 0) is 35.0 Å². The second-order valence-electron chi connectivity index (χ2n) is 3.57. The highest BCUT2D eigenvalue weighted by molar-refractivity contribution is 9.10. The minimum Gasteiger partial charge on any atom is -0.339 e. The van der Waals surface area contributed by atoms with Gasteiger partial charge in [-0.2, -0.15) is 0 Å². The Morgan fingerprint density at radius 3 is 2.56 bits per heavy atom. The zero-order chi connectivity index (χ0) is 11.5. The Morgan fingerprint density at radius 2 is 2.00 bits per heavy atom. The van der Waals surface area contributed by atoms with Crippen LogP contribution in [0.15, 0.2) is 29.0 Å². The topological polar surface area (TPSA) is 29.0 Å². The van der Waals surface area contributed by atoms with Crippen LogP contribution in [-0.4, -0.2) is 17.0 Å². The molecule has 2 heterocycles. The van der Waals surface area contributed by atoms with Crippen molar-refractivity contribution >= 4 is 33.2 Å². The Balaban J connectivity index is 2.08. The molecule has 0 N–H and O–H groups in total. The fourth-order valence-electron chi connectivity index (χ4n) is 1.38. The van der Waals surface area contributed by atoms with Crippen LogP contribution in [0.4, 0.5) is 5.95 Å². The third kappa shape index (κ3) is 2.80. The fraction of sp³-hybridized carbons (Fsp3) is 0.273. The maximum Gasteiger partial charge on any atom is 0.225 e. The molecular formula is C11H12BrN3S. The van der Waals surface area contributed by atoms with E-state index in [1.54, 1.807) is 12.4 Å². The van der Waals surface area contributed by atoms with Gasteiger partial charge in [0.15, 0.2) is 0 Å². The molecule has 0 aliphatic carbocycles. The monoisotopic (exact) mass is 297 g/mol. The lowest BCUT2D eigenvalue weighted by Gasteiger charge is -2.15. The molecule has 0 saturated carbocycles. The van der Waals surface area contributed by atoms with Gasteiger partial charge in [-0.3, -0.25) is 0 Å². The van der Waals surface area contributed by atoms with Crippen molar-refractivity contribution in [2.24, 2.45) is 0 Å². The predicted octanol–water partition coefficient (Wildman–Crippen LogP) is 3.25. The zero-order valence-electron chi connectivity index (χ0n) is 9.14. The van der Waals surface area contributed by atoms with E-state index >= 15 is 0 Å². The van der Waals surface area contributed by atoms with Gasteiger partial charge in [0.1, 0.15) is 0 Å². The van der Waals surface area contributed by atoms with Crippen LogP contribution < -0.4 is 4.90 Å². The van der Waals surface area contributed by atoms with Gasteiger partial charge < -0.3 is 4.90 Å². The minimum atomic E-state index is 0.745. The van der Waals surface area contributed by atoms with Crippen molar-refractivity contribution in [1.82, 2.24) is 9.97 Å². The third-order valence-electron chi connectivity index (χ3n) is 2.14. The summed E-state index contributed by atoms with van der Waals surface area (Å²) in [6.45, 7) is 2.96. The van der Waals surface area contributed by atoms with E-state index in [1.807, 2.05) is 23.3 Å². The van der Waals surface area contributed by atoms with Gasteiger partial charge >= 0.3 is 0 Å². The van der Waals surface area contributed by atoms with Gasteiger partial charge in [-0.1, -0.05) is 0 Å². The molecular weight excluding hydrogens is 286 g/mol. The van der Waals surface area contributed by atoms with Gasteiger partial charge in [0.2, 0.25) is 5.95 Å². The van der Waals surface area contributed by atoms with Crippen molar-refractivity contribution < 1.29 is 0 Å². The van der Waals surface area contributed by atoms with E-state index in [-0.39, 0.29) is 0 Å². The highest BCUT2D eigenvalue weighted by Crippen LogP contribution is 2.18. The molecule has 0 bridgehead atoms. The Hall–Kier alpha value is -0.940. The van der Waals surface area contributed by atoms with Crippen molar-refractivity contribution in [2.45, 2.75) is 13.5 Å². The maximum atomic E-state index is 4.25. The summed E-state index contributed by atoms with van der Waals surface area (Å²) in [5.74, 6) is 0.745. The Bertz CT molecular complexity index is 466. The number of thiophene rings is 1. The molecule has 0 aliphatic rings. The molecule has 16 heavy (non-hydrogen) atoms. The largest absolute Gasteiger partial charge is 0.339 e. The smallest absolute Gasteiger partial charge is 0.225 e. The predicted molar refractivity (Wildman–Crippen MR) is 70.9 cm³/mol. The first kappa shape index (κ1) is 11.5. The lowest BCUT2D eigenvalue weighted by molar-refractivity contribution is 0.876. The molecule has 2 aromatic rings. The van der Waals surface area contributed by atoms with E-state index in [0.29, 0.717) is 0 Å². The van der Waals surface area contributed by atoms with Gasteiger partial charge in [-0.25, -0.2) is 9.97 Å². The highest BCUT2D eigenvalue weighted by Gasteiger charge is 2.06. The summed E-state index contributed by atoms with van der Waals surface area (Å²) in [6, 6.07) is 4.28. The van der Waals surface area contributed by atoms with Gasteiger partial charge in [0.05, 0.1) is 11.0 Å². The number of aromatic nitrogens is 2. The SMILES string of the molecule is Cc1ccc(CN(C)c2ncc(Br)cn2)s1. The molecule has 0 spiro atoms. The summed E-state index contributed by atoms with van der Waals surface area (Å²) in [6.07, 6.45) is 3.52. The first-order valence-electron chi connectivity index (χ1n) is 4.89. The van der Waals surface area contributed by atoms with E-state index in [0.717, 1.165) is 17.0 Å². The van der Waals surface area contributed by atoms with E-state index in [9.17, 15) is 0 Å². The number of rotatable bonds is 3. The lowest BCUT2D eigenvalue weighted by Crippen LogP contribution is -2.18. The summed E-state index contributed by atoms with van der Waals surface area (Å²) in [7, 11) is 2.00. The highest BCUT2D eigenvalue weighted by atomic mass is 79.9. The van der Waals surface area contributed by atoms with E-state index < -0.39 is 0 Å². The number of nitrogens with zero attached hydrogens (tertiary/aromatic N) is 3. The molecule has 0 aromatic carbocycles. The van der Waals surface area contributed by atoms with E-state index in [4.69, 9.17) is 0 Å². The first-order chi connectivity index (χ1) is 7.65. The average Bonchev–Trinajstić information content (AvgIpc) is 2.65. The minimum absolute atomic E-state index is 0.745. The Morgan fingerprint density at radius 1 is 1.31 bits per heavy atom. The Kier molecular flexibility index (Phi) is 3.56. The number of hydrogen-bond acceptors (Lipinski definition) is 4. The maximum absolute atomic E-state index is 4.25. The van der Waals surface area contributed by atoms with E-state index in [2.05, 4.69) is 45.0 Å². The molecule has 2 aromatic heterocycles. The van der Waals surface area contributed by atoms with Crippen molar-refractivity contribution in [3.8, 4) is 0 Å². The number of aryl methyl sites for hydroxylation is 1. The molecule has 0 aliphatic heterocycles. The number of anilines is 1. The second-order valence-corrected chi connectivity index (χ2v) is 5.86. The molecule has 5 heteroatoms. The molecule has 84 valence electrons. The summed E-state index contributed by atoms with van der Waals surface area (Å²) < 4.78 is 0.900. The lowest BCUT2D eigenvalue weighted by atomic mass is 10.4. The van der Waals surface area contributed by atoms with Crippen molar-refractivity contribution in [2.75, 3.05) is 11.9 Å². The third-order valence-corrected chi connectivity index (χ3v) is 3.53. The van der Waals surface area contributed by atoms with Crippen molar-refractivity contribution in [3.05, 3.63) is 38.8 Å². The van der Waals surface area contributed by atoms with Gasteiger partial charge in [-0.15, -0.1) is 11.3 Å². The van der Waals surface area contributed by atoms with Crippen molar-refractivity contribution in [3.63, 3.8) is 0 Å². The number of halogens is 1. The summed E-state index contributed by atoms with van der Waals surface area (Å²) in [5, 5.41) is 0. The molecule has 0 radical (unpaired) electrons. The van der Waals surface area contributed by atoms with Crippen LogP contribution in [0.5, 0.6) is 0 Å². The van der Waals surface area contributed by atoms with Gasteiger partial charge in [0.25, 0.3) is 0 Å². The molecule has 0 saturated heterocycles. The summed E-state index contributed by atoms with van der Waals surface area (Å²) in [5.41, 5.74) is 0. The molecule has 0 amide bonds. The fourth-order valence-corrected chi connectivity index (χ4v) is 2.53. The summed E-state index contributed by atoms with van der Waals surface area (Å²) >= 11 is 5.13. The van der Waals surface area contributed by atoms with Crippen LogP contribution >= 0.6 is 27.3 Å². The van der Waals surface area contributed by atoms with Crippen LogP contribution in [0.25, 0.3) is 0 Å². The molecule has 0 fully saturated rings. The molecule has 2 rings (SSSR count). The van der Waals surface area contributed by atoms with Crippen molar-refractivity contribution in [1.29, 1.82) is 0 Å². The molecule has 0 unspecified atom stereocenters. The summed E-state index contributed by atoms with van der Waals surface area (Å²) in [4.78, 5) is 13.2. The second kappa shape index (κ2) is 4.93. The molecule has 3 nitrogen and oxygen atoms in total. The van der Waals surface area contributed by atoms with Crippen LogP contribution in [0, 0.1) is 6.92 Å². The van der Waals surface area contributed by atoms with Crippen LogP contribution in [0.2, 0.25) is 0 Å². The first-order valence-corrected chi connectivity index (χ1v) is 6.50. The van der Waals surface area contributed by atoms with Crippen LogP contribution in [-0.2, 0) is 6.54 Å². The zero-order valence-corrected chi connectivity index (χ0v) is 11.5. The quantitative estimate of drug-likeness (QED) is 0.871. The standard InChI is InChI=1S/C11H12BrN3S/c1-8-3-4-10(16-8)7-15(2)11-13-5-9(12)6-14-11/h3-6H,7H2,1-2H3. The number of hydrogen-bond donors (Lipinski definition) is 0. The van der Waals surface area contributed by atoms with E-state index in [1.165, 1.54) is 9.75 Å². The Labute approximate surface area is 107 Å². The van der Waals surface area contributed by atoms with Gasteiger partial charge in [0, 0.05) is 29.2 Å². The normalized spacial score (nSPS) is 10.4. The van der Waals surface area contributed by atoms with Crippen LogP contribution in [0.1, 0.15) is 9.75 Å². The average molecular weight is 298 g/mol. The molecule has 0 atom stereocenters. The van der Waals surface area contributed by atoms with Crippen LogP contribution in [0.3, 0.4) is 0 Å².